The minimum Gasteiger partial charge on any atom is -0.495 e. The Morgan fingerprint density at radius 3 is 2.18 bits per heavy atom. The molecule has 0 unspecified atom stereocenters. The molecule has 0 saturated heterocycles. The maximum atomic E-state index is 13.4. The first-order valence-corrected chi connectivity index (χ1v) is 12.1. The van der Waals surface area contributed by atoms with Crippen molar-refractivity contribution in [3.05, 3.63) is 115 Å². The van der Waals surface area contributed by atoms with Gasteiger partial charge in [0.15, 0.2) is 0 Å². The number of para-hydroxylation sites is 3. The monoisotopic (exact) mass is 513 g/mol. The zero-order valence-corrected chi connectivity index (χ0v) is 20.9. The lowest BCUT2D eigenvalue weighted by Gasteiger charge is -2.23. The van der Waals surface area contributed by atoms with Crippen LogP contribution in [0.15, 0.2) is 103 Å². The molecule has 0 saturated carbocycles. The van der Waals surface area contributed by atoms with Gasteiger partial charge >= 0.3 is 6.03 Å². The van der Waals surface area contributed by atoms with Crippen molar-refractivity contribution < 1.29 is 23.5 Å². The summed E-state index contributed by atoms with van der Waals surface area (Å²) in [5.74, 6) is 1.19. The third-order valence-electron chi connectivity index (χ3n) is 5.66. The minimum absolute atomic E-state index is 0.278. The van der Waals surface area contributed by atoms with Gasteiger partial charge in [0.25, 0.3) is 5.91 Å². The highest BCUT2D eigenvalue weighted by Gasteiger charge is 2.18. The first-order chi connectivity index (χ1) is 18.5. The van der Waals surface area contributed by atoms with Crippen molar-refractivity contribution in [1.82, 2.24) is 5.32 Å². The number of nitrogens with one attached hydrogen (secondary N) is 2. The van der Waals surface area contributed by atoms with E-state index in [4.69, 9.17) is 9.47 Å². The summed E-state index contributed by atoms with van der Waals surface area (Å²) < 4.78 is 24.5. The van der Waals surface area contributed by atoms with Gasteiger partial charge in [-0.1, -0.05) is 30.3 Å². The summed E-state index contributed by atoms with van der Waals surface area (Å²) >= 11 is 0. The average molecular weight is 514 g/mol. The maximum Gasteiger partial charge on any atom is 0.319 e. The Kier molecular flexibility index (Phi) is 8.91. The number of halogens is 1. The number of urea groups is 1. The number of nitrogens with zero attached hydrogens (tertiary/aromatic N) is 1. The van der Waals surface area contributed by atoms with Gasteiger partial charge < -0.3 is 25.0 Å². The first kappa shape index (κ1) is 26.2. The Morgan fingerprint density at radius 1 is 0.816 bits per heavy atom. The molecule has 0 radical (unpaired) electrons. The van der Waals surface area contributed by atoms with Crippen LogP contribution < -0.4 is 25.0 Å². The lowest BCUT2D eigenvalue weighted by Crippen LogP contribution is -2.35. The molecule has 0 aliphatic rings. The second-order valence-corrected chi connectivity index (χ2v) is 8.31. The van der Waals surface area contributed by atoms with Gasteiger partial charge in [0.1, 0.15) is 23.1 Å². The van der Waals surface area contributed by atoms with E-state index in [1.54, 1.807) is 47.4 Å². The second kappa shape index (κ2) is 12.9. The normalized spacial score (nSPS) is 10.4. The number of carbonyl (C=O) groups is 2. The fourth-order valence-corrected chi connectivity index (χ4v) is 3.77. The molecular formula is C30H28FN3O4. The van der Waals surface area contributed by atoms with Gasteiger partial charge in [-0.15, -0.1) is 0 Å². The van der Waals surface area contributed by atoms with Crippen molar-refractivity contribution in [2.24, 2.45) is 0 Å². The van der Waals surface area contributed by atoms with Crippen LogP contribution in [0.2, 0.25) is 0 Å². The van der Waals surface area contributed by atoms with Gasteiger partial charge in [0, 0.05) is 24.3 Å². The topological polar surface area (TPSA) is 79.9 Å². The molecule has 4 aromatic carbocycles. The lowest BCUT2D eigenvalue weighted by atomic mass is 10.1. The van der Waals surface area contributed by atoms with E-state index in [2.05, 4.69) is 10.6 Å². The van der Waals surface area contributed by atoms with Gasteiger partial charge in [-0.25, -0.2) is 9.18 Å². The highest BCUT2D eigenvalue weighted by molar-refractivity contribution is 6.06. The van der Waals surface area contributed by atoms with E-state index in [-0.39, 0.29) is 11.9 Å². The molecule has 4 aromatic rings. The predicted octanol–water partition coefficient (Wildman–Crippen LogP) is 6.49. The van der Waals surface area contributed by atoms with Crippen LogP contribution in [0.4, 0.5) is 20.6 Å². The molecule has 0 aliphatic carbocycles. The first-order valence-electron chi connectivity index (χ1n) is 12.1. The zero-order chi connectivity index (χ0) is 26.7. The predicted molar refractivity (Wildman–Crippen MR) is 146 cm³/mol. The Balaban J connectivity index is 1.41. The smallest absolute Gasteiger partial charge is 0.319 e. The average Bonchev–Trinajstić information content (AvgIpc) is 2.94. The summed E-state index contributed by atoms with van der Waals surface area (Å²) in [5, 5.41) is 5.56. The van der Waals surface area contributed by atoms with E-state index in [0.717, 1.165) is 0 Å². The number of amides is 3. The molecule has 0 aromatic heterocycles. The van der Waals surface area contributed by atoms with Crippen molar-refractivity contribution >= 4 is 23.3 Å². The van der Waals surface area contributed by atoms with Crippen LogP contribution in [0.1, 0.15) is 16.8 Å². The Bertz CT molecular complexity index is 1350. The van der Waals surface area contributed by atoms with Crippen molar-refractivity contribution in [3.8, 4) is 17.2 Å². The number of hydrogen-bond acceptors (Lipinski definition) is 4. The molecule has 194 valence electrons. The van der Waals surface area contributed by atoms with Crippen LogP contribution in [0, 0.1) is 5.82 Å². The third kappa shape index (κ3) is 7.10. The Morgan fingerprint density at radius 2 is 1.47 bits per heavy atom. The minimum atomic E-state index is -0.416. The highest BCUT2D eigenvalue weighted by atomic mass is 19.1. The molecule has 7 nitrogen and oxygen atoms in total. The van der Waals surface area contributed by atoms with Gasteiger partial charge in [0.2, 0.25) is 0 Å². The van der Waals surface area contributed by atoms with Crippen LogP contribution in [-0.4, -0.2) is 32.1 Å². The number of ether oxygens (including phenoxy) is 2. The van der Waals surface area contributed by atoms with E-state index in [1.807, 2.05) is 36.4 Å². The van der Waals surface area contributed by atoms with E-state index in [0.29, 0.717) is 53.7 Å². The summed E-state index contributed by atoms with van der Waals surface area (Å²) in [4.78, 5) is 27.3. The van der Waals surface area contributed by atoms with Gasteiger partial charge in [0.05, 0.1) is 12.8 Å². The quantitative estimate of drug-likeness (QED) is 0.238. The van der Waals surface area contributed by atoms with Crippen LogP contribution >= 0.6 is 0 Å². The van der Waals surface area contributed by atoms with Crippen molar-refractivity contribution in [1.29, 1.82) is 0 Å². The molecule has 8 heteroatoms. The van der Waals surface area contributed by atoms with Crippen LogP contribution in [0.3, 0.4) is 0 Å². The molecule has 0 aliphatic heterocycles. The summed E-state index contributed by atoms with van der Waals surface area (Å²) in [5.41, 5.74) is 1.56. The number of hydrogen-bond donors (Lipinski definition) is 2. The molecule has 0 atom stereocenters. The Hall–Kier alpha value is -4.85. The molecule has 0 spiro atoms. The fraction of sp³-hybridized carbons (Fsp3) is 0.133. The van der Waals surface area contributed by atoms with Gasteiger partial charge in [-0.3, -0.25) is 4.79 Å². The number of rotatable bonds is 10. The summed E-state index contributed by atoms with van der Waals surface area (Å²) in [6, 6.07) is 28.7. The molecule has 3 amide bonds. The van der Waals surface area contributed by atoms with E-state index < -0.39 is 5.82 Å². The van der Waals surface area contributed by atoms with E-state index in [1.165, 1.54) is 31.4 Å². The van der Waals surface area contributed by atoms with Crippen LogP contribution in [0.5, 0.6) is 17.2 Å². The van der Waals surface area contributed by atoms with Crippen LogP contribution in [0.25, 0.3) is 0 Å². The van der Waals surface area contributed by atoms with E-state index >= 15 is 0 Å². The largest absolute Gasteiger partial charge is 0.495 e. The molecule has 38 heavy (non-hydrogen) atoms. The van der Waals surface area contributed by atoms with E-state index in [9.17, 15) is 14.0 Å². The maximum absolute atomic E-state index is 13.4. The van der Waals surface area contributed by atoms with Gasteiger partial charge in [-0.2, -0.15) is 0 Å². The molecule has 2 N–H and O–H groups in total. The molecule has 0 bridgehead atoms. The Labute approximate surface area is 220 Å². The zero-order valence-electron chi connectivity index (χ0n) is 20.9. The lowest BCUT2D eigenvalue weighted by molar-refractivity contribution is 0.0986. The summed E-state index contributed by atoms with van der Waals surface area (Å²) in [6.45, 7) is 0.646. The molecule has 4 rings (SSSR count). The van der Waals surface area contributed by atoms with Crippen LogP contribution in [-0.2, 0) is 0 Å². The number of methoxy groups -OCH3 is 1. The fourth-order valence-electron chi connectivity index (χ4n) is 3.77. The summed E-state index contributed by atoms with van der Waals surface area (Å²) in [6.07, 6.45) is 0.481. The van der Waals surface area contributed by atoms with Crippen molar-refractivity contribution in [3.63, 3.8) is 0 Å². The van der Waals surface area contributed by atoms with Crippen molar-refractivity contribution in [2.45, 2.75) is 6.42 Å². The second-order valence-electron chi connectivity index (χ2n) is 8.31. The number of anilines is 2. The van der Waals surface area contributed by atoms with Crippen molar-refractivity contribution in [2.75, 3.05) is 30.4 Å². The number of carbonyl (C=O) groups excluding carboxylic acids is 2. The standard InChI is InChI=1S/C30H28FN3O4/c1-37-28-11-6-5-10-27(28)33-30(36)32-20-7-21-34(29(35)22-12-14-23(31)15-13-22)24-16-18-26(19-17-24)38-25-8-3-2-4-9-25/h2-6,8-19H,7,20-21H2,1H3,(H2,32,33,36). The van der Waals surface area contributed by atoms with Gasteiger partial charge in [-0.05, 0) is 79.2 Å². The summed E-state index contributed by atoms with van der Waals surface area (Å²) in [7, 11) is 1.53. The molecule has 0 fully saturated rings. The molecule has 0 heterocycles. The highest BCUT2D eigenvalue weighted by Crippen LogP contribution is 2.26. The number of benzene rings is 4. The SMILES string of the molecule is COc1ccccc1NC(=O)NCCCN(C(=O)c1ccc(F)cc1)c1ccc(Oc2ccccc2)cc1. The third-order valence-corrected chi connectivity index (χ3v) is 5.66. The molecular weight excluding hydrogens is 485 g/mol.